The largest absolute Gasteiger partial charge is 0.480 e. The highest BCUT2D eigenvalue weighted by Gasteiger charge is 2.30. The van der Waals surface area contributed by atoms with Crippen molar-refractivity contribution in [3.8, 4) is 0 Å². The zero-order chi connectivity index (χ0) is 15.7. The molecule has 0 fully saturated rings. The van der Waals surface area contributed by atoms with E-state index in [1.807, 2.05) is 0 Å². The molecular formula is C11H15N3O6. The lowest BCUT2D eigenvalue weighted by Gasteiger charge is -2.17. The zero-order valence-corrected chi connectivity index (χ0v) is 10.7. The van der Waals surface area contributed by atoms with E-state index in [0.29, 0.717) is 5.01 Å². The summed E-state index contributed by atoms with van der Waals surface area (Å²) in [5, 5.41) is 26.9. The minimum Gasteiger partial charge on any atom is -0.480 e. The number of carboxylic acids is 2. The summed E-state index contributed by atoms with van der Waals surface area (Å²) in [5.74, 6) is -2.21. The molecule has 110 valence electrons. The van der Waals surface area contributed by atoms with Crippen LogP contribution in [0.1, 0.15) is 6.92 Å². The Kier molecular flexibility index (Phi) is 7.30. The van der Waals surface area contributed by atoms with E-state index in [0.717, 1.165) is 0 Å². The van der Waals surface area contributed by atoms with Gasteiger partial charge in [-0.3, -0.25) is 4.79 Å². The van der Waals surface area contributed by atoms with Gasteiger partial charge >= 0.3 is 11.9 Å². The predicted molar refractivity (Wildman–Crippen MR) is 69.7 cm³/mol. The highest BCUT2D eigenvalue weighted by Crippen LogP contribution is 2.16. The second-order valence-electron chi connectivity index (χ2n) is 3.53. The van der Waals surface area contributed by atoms with E-state index in [1.54, 1.807) is 18.2 Å². The van der Waals surface area contributed by atoms with Crippen molar-refractivity contribution < 1.29 is 24.8 Å². The Labute approximate surface area is 114 Å². The summed E-state index contributed by atoms with van der Waals surface area (Å²) >= 11 is 0. The van der Waals surface area contributed by atoms with E-state index in [-0.39, 0.29) is 12.2 Å². The van der Waals surface area contributed by atoms with E-state index < -0.39 is 23.0 Å². The molecule has 0 aliphatic rings. The van der Waals surface area contributed by atoms with Crippen molar-refractivity contribution in [2.45, 2.75) is 13.0 Å². The van der Waals surface area contributed by atoms with Crippen LogP contribution in [0, 0.1) is 10.1 Å². The second kappa shape index (κ2) is 8.43. The van der Waals surface area contributed by atoms with Gasteiger partial charge in [0.25, 0.3) is 0 Å². The molecule has 1 atom stereocenters. The van der Waals surface area contributed by atoms with E-state index in [4.69, 9.17) is 10.2 Å². The van der Waals surface area contributed by atoms with Crippen LogP contribution in [0.2, 0.25) is 0 Å². The number of nitro groups is 1. The van der Waals surface area contributed by atoms with Crippen molar-refractivity contribution in [3.05, 3.63) is 40.4 Å². The fraction of sp³-hybridized carbons (Fsp3) is 0.273. The number of nitrogens with two attached hydrogens (primary N) is 1. The van der Waals surface area contributed by atoms with Gasteiger partial charge in [0.05, 0.1) is 6.54 Å². The third-order valence-electron chi connectivity index (χ3n) is 2.10. The molecule has 0 aromatic heterocycles. The first-order chi connectivity index (χ1) is 9.31. The molecule has 20 heavy (non-hydrogen) atoms. The number of carboxylic acid groups (broad SMARTS) is 2. The molecule has 1 aromatic rings. The van der Waals surface area contributed by atoms with E-state index in [1.165, 1.54) is 19.1 Å². The topological polar surface area (TPSA) is 147 Å². The lowest BCUT2D eigenvalue weighted by molar-refractivity contribution is -0.498. The van der Waals surface area contributed by atoms with Gasteiger partial charge in [0.2, 0.25) is 0 Å². The smallest absolute Gasteiger partial charge is 0.332 e. The van der Waals surface area contributed by atoms with Gasteiger partial charge in [-0.25, -0.2) is 14.9 Å². The number of hydrogen-bond acceptors (Lipinski definition) is 5. The quantitative estimate of drug-likeness (QED) is 0.513. The lowest BCUT2D eigenvalue weighted by Crippen LogP contribution is -2.43. The zero-order valence-electron chi connectivity index (χ0n) is 10.7. The van der Waals surface area contributed by atoms with E-state index >= 15 is 0 Å². The summed E-state index contributed by atoms with van der Waals surface area (Å²) in [6.07, 6.45) is 0. The van der Waals surface area contributed by atoms with Gasteiger partial charge in [-0.15, -0.1) is 0 Å². The molecule has 0 bridgehead atoms. The third kappa shape index (κ3) is 5.78. The van der Waals surface area contributed by atoms with Crippen LogP contribution in [0.3, 0.4) is 0 Å². The summed E-state index contributed by atoms with van der Waals surface area (Å²) < 4.78 is 0. The van der Waals surface area contributed by atoms with Crippen LogP contribution in [0.4, 0.5) is 5.69 Å². The Bertz CT molecular complexity index is 464. The Morgan fingerprint density at radius 2 is 1.80 bits per heavy atom. The van der Waals surface area contributed by atoms with Crippen LogP contribution >= 0.6 is 0 Å². The summed E-state index contributed by atoms with van der Waals surface area (Å²) in [5.41, 5.74) is 4.82. The number of hydrogen-bond donors (Lipinski definition) is 3. The van der Waals surface area contributed by atoms with Crippen molar-refractivity contribution in [2.24, 2.45) is 5.73 Å². The van der Waals surface area contributed by atoms with Crippen LogP contribution in [0.25, 0.3) is 0 Å². The average molecular weight is 285 g/mol. The molecule has 1 aromatic carbocycles. The van der Waals surface area contributed by atoms with Gasteiger partial charge in [0, 0.05) is 0 Å². The summed E-state index contributed by atoms with van der Waals surface area (Å²) in [6.45, 7) is 0.984. The van der Waals surface area contributed by atoms with Crippen molar-refractivity contribution in [1.82, 2.24) is 0 Å². The van der Waals surface area contributed by atoms with Crippen LogP contribution < -0.4 is 10.7 Å². The molecule has 0 spiro atoms. The monoisotopic (exact) mass is 285 g/mol. The molecule has 0 radical (unpaired) electrons. The number of anilines is 1. The minimum absolute atomic E-state index is 0.248. The van der Waals surface area contributed by atoms with Gasteiger partial charge < -0.3 is 15.9 Å². The van der Waals surface area contributed by atoms with Crippen molar-refractivity contribution in [2.75, 3.05) is 11.6 Å². The maximum atomic E-state index is 10.7. The Morgan fingerprint density at radius 3 is 2.10 bits per heavy atom. The van der Waals surface area contributed by atoms with Gasteiger partial charge in [0.15, 0.2) is 11.1 Å². The van der Waals surface area contributed by atoms with Crippen molar-refractivity contribution in [1.29, 1.82) is 0 Å². The normalized spacial score (nSPS) is 10.7. The minimum atomic E-state index is -1.24. The average Bonchev–Trinajstić information content (AvgIpc) is 2.40. The van der Waals surface area contributed by atoms with E-state index in [2.05, 4.69) is 5.73 Å². The second-order valence-corrected chi connectivity index (χ2v) is 3.53. The van der Waals surface area contributed by atoms with Gasteiger partial charge in [-0.05, 0) is 19.1 Å². The first-order valence-electron chi connectivity index (χ1n) is 5.44. The van der Waals surface area contributed by atoms with Crippen LogP contribution in [-0.4, -0.2) is 39.8 Å². The summed E-state index contributed by atoms with van der Waals surface area (Å²) in [4.78, 5) is 30.6. The SMILES string of the molecule is C[C@@H](C(=O)O)N(c1ccccc1)[N+](=O)[O-].NCC(=O)O. The van der Waals surface area contributed by atoms with Crippen LogP contribution in [0.5, 0.6) is 0 Å². The van der Waals surface area contributed by atoms with Gasteiger partial charge in [-0.1, -0.05) is 23.2 Å². The first-order valence-corrected chi connectivity index (χ1v) is 5.44. The Hall–Kier alpha value is -2.68. The molecule has 0 unspecified atom stereocenters. The van der Waals surface area contributed by atoms with Crippen molar-refractivity contribution in [3.63, 3.8) is 0 Å². The predicted octanol–water partition coefficient (Wildman–Crippen LogP) is 0.188. The molecule has 0 aliphatic heterocycles. The number of aliphatic carboxylic acids is 2. The number of rotatable bonds is 5. The fourth-order valence-corrected chi connectivity index (χ4v) is 1.14. The summed E-state index contributed by atoms with van der Waals surface area (Å²) in [6, 6.07) is 6.70. The number of carbonyl (C=O) groups is 2. The van der Waals surface area contributed by atoms with Crippen LogP contribution in [-0.2, 0) is 9.59 Å². The highest BCUT2D eigenvalue weighted by atomic mass is 16.7. The van der Waals surface area contributed by atoms with Gasteiger partial charge in [0.1, 0.15) is 5.69 Å². The number of hydrazine groups is 1. The maximum Gasteiger partial charge on any atom is 0.332 e. The molecule has 0 aliphatic carbocycles. The molecule has 0 heterocycles. The first kappa shape index (κ1) is 17.3. The number of benzene rings is 1. The fourth-order valence-electron chi connectivity index (χ4n) is 1.14. The Balaban J connectivity index is 0.000000621. The molecule has 9 nitrogen and oxygen atoms in total. The number of nitrogens with zero attached hydrogens (tertiary/aromatic N) is 2. The standard InChI is InChI=1S/C9H10N2O4.C2H5NO2/c1-7(9(12)13)10(11(14)15)8-5-3-2-4-6-8;3-1-2(4)5/h2-7H,1H3,(H,12,13);1,3H2,(H,4,5)/t7-;/m0./s1. The van der Waals surface area contributed by atoms with Crippen LogP contribution in [0.15, 0.2) is 30.3 Å². The third-order valence-corrected chi connectivity index (χ3v) is 2.10. The molecule has 0 saturated carbocycles. The summed E-state index contributed by atoms with van der Waals surface area (Å²) in [7, 11) is 0. The van der Waals surface area contributed by atoms with Gasteiger partial charge in [-0.2, -0.15) is 0 Å². The highest BCUT2D eigenvalue weighted by molar-refractivity contribution is 5.76. The molecule has 0 amide bonds. The number of para-hydroxylation sites is 1. The maximum absolute atomic E-state index is 10.7. The molecule has 1 rings (SSSR count). The Morgan fingerprint density at radius 1 is 1.35 bits per heavy atom. The molecule has 9 heteroatoms. The van der Waals surface area contributed by atoms with Crippen molar-refractivity contribution >= 4 is 17.6 Å². The molecule has 0 saturated heterocycles. The molecular weight excluding hydrogens is 270 g/mol. The van der Waals surface area contributed by atoms with E-state index in [9.17, 15) is 19.7 Å². The molecule has 4 N–H and O–H groups in total. The lowest BCUT2D eigenvalue weighted by atomic mass is 10.2.